The van der Waals surface area contributed by atoms with Crippen molar-refractivity contribution in [1.29, 1.82) is 0 Å². The van der Waals surface area contributed by atoms with Crippen molar-refractivity contribution in [3.05, 3.63) is 47.7 Å². The monoisotopic (exact) mass is 402 g/mol. The van der Waals surface area contributed by atoms with Crippen LogP contribution in [-0.4, -0.2) is 61.4 Å². The molecule has 0 N–H and O–H groups in total. The van der Waals surface area contributed by atoms with E-state index in [-0.39, 0.29) is 18.1 Å². The first-order chi connectivity index (χ1) is 13.5. The van der Waals surface area contributed by atoms with E-state index in [9.17, 15) is 13.2 Å². The van der Waals surface area contributed by atoms with Crippen molar-refractivity contribution in [2.45, 2.75) is 24.5 Å². The van der Waals surface area contributed by atoms with Gasteiger partial charge in [0.1, 0.15) is 0 Å². The molecule has 8 nitrogen and oxygen atoms in total. The minimum atomic E-state index is -3.55. The number of ether oxygens (including phenoxy) is 1. The predicted molar refractivity (Wildman–Crippen MR) is 104 cm³/mol. The van der Waals surface area contributed by atoms with E-state index in [1.54, 1.807) is 17.0 Å². The molecule has 1 atom stereocenters. The molecular formula is C19H22N4O4S. The van der Waals surface area contributed by atoms with E-state index in [2.05, 4.69) is 10.2 Å². The molecular weight excluding hydrogens is 380 g/mol. The SMILES string of the molecule is COc1ccc(C(=O)N2CCC[C@@H](S(=O)(=O)N3CCc4ccccc43)C2)nn1. The van der Waals surface area contributed by atoms with Gasteiger partial charge in [-0.05, 0) is 37.0 Å². The van der Waals surface area contributed by atoms with Gasteiger partial charge in [-0.25, -0.2) is 8.42 Å². The van der Waals surface area contributed by atoms with Crippen LogP contribution in [0, 0.1) is 0 Å². The van der Waals surface area contributed by atoms with E-state index >= 15 is 0 Å². The molecule has 1 amide bonds. The molecule has 9 heteroatoms. The average molecular weight is 402 g/mol. The fourth-order valence-electron chi connectivity index (χ4n) is 3.82. The lowest BCUT2D eigenvalue weighted by molar-refractivity contribution is 0.0719. The Labute approximate surface area is 164 Å². The number of piperidine rings is 1. The minimum absolute atomic E-state index is 0.160. The number of aromatic nitrogens is 2. The fraction of sp³-hybridized carbons (Fsp3) is 0.421. The minimum Gasteiger partial charge on any atom is -0.480 e. The topological polar surface area (TPSA) is 92.7 Å². The number of carbonyl (C=O) groups excluding carboxylic acids is 1. The summed E-state index contributed by atoms with van der Waals surface area (Å²) in [6.07, 6.45) is 1.89. The first-order valence-electron chi connectivity index (χ1n) is 9.27. The Morgan fingerprint density at radius 3 is 2.71 bits per heavy atom. The Balaban J connectivity index is 1.52. The van der Waals surface area contributed by atoms with Crippen LogP contribution >= 0.6 is 0 Å². The third-order valence-electron chi connectivity index (χ3n) is 5.31. The number of rotatable bonds is 4. The van der Waals surface area contributed by atoms with Crippen molar-refractivity contribution in [2.75, 3.05) is 31.0 Å². The van der Waals surface area contributed by atoms with Gasteiger partial charge in [-0.3, -0.25) is 9.10 Å². The lowest BCUT2D eigenvalue weighted by Gasteiger charge is -2.34. The quantitative estimate of drug-likeness (QED) is 0.769. The lowest BCUT2D eigenvalue weighted by atomic mass is 10.1. The molecule has 1 saturated heterocycles. The van der Waals surface area contributed by atoms with Crippen molar-refractivity contribution in [2.24, 2.45) is 0 Å². The number of hydrogen-bond donors (Lipinski definition) is 0. The second-order valence-corrected chi connectivity index (χ2v) is 9.11. The number of anilines is 1. The van der Waals surface area contributed by atoms with Gasteiger partial charge in [0.25, 0.3) is 5.91 Å². The van der Waals surface area contributed by atoms with Gasteiger partial charge in [0, 0.05) is 25.7 Å². The van der Waals surface area contributed by atoms with Crippen molar-refractivity contribution < 1.29 is 17.9 Å². The van der Waals surface area contributed by atoms with Crippen LogP contribution in [0.4, 0.5) is 5.69 Å². The van der Waals surface area contributed by atoms with Gasteiger partial charge < -0.3 is 9.64 Å². The zero-order chi connectivity index (χ0) is 19.7. The number of amides is 1. The molecule has 2 aliphatic heterocycles. The van der Waals surface area contributed by atoms with Crippen LogP contribution in [0.2, 0.25) is 0 Å². The van der Waals surface area contributed by atoms with Crippen molar-refractivity contribution >= 4 is 21.6 Å². The molecule has 0 saturated carbocycles. The molecule has 0 unspecified atom stereocenters. The number of nitrogens with zero attached hydrogens (tertiary/aromatic N) is 4. The van der Waals surface area contributed by atoms with Gasteiger partial charge in [-0.1, -0.05) is 18.2 Å². The van der Waals surface area contributed by atoms with Gasteiger partial charge in [-0.15, -0.1) is 10.2 Å². The molecule has 2 aliphatic rings. The maximum Gasteiger partial charge on any atom is 0.274 e. The van der Waals surface area contributed by atoms with Crippen LogP contribution in [-0.2, 0) is 16.4 Å². The van der Waals surface area contributed by atoms with Crippen molar-refractivity contribution in [3.8, 4) is 5.88 Å². The Morgan fingerprint density at radius 2 is 1.96 bits per heavy atom. The maximum atomic E-state index is 13.3. The average Bonchev–Trinajstić information content (AvgIpc) is 3.18. The molecule has 0 aliphatic carbocycles. The van der Waals surface area contributed by atoms with E-state index in [1.807, 2.05) is 24.3 Å². The van der Waals surface area contributed by atoms with E-state index in [1.165, 1.54) is 11.4 Å². The number of carbonyl (C=O) groups is 1. The van der Waals surface area contributed by atoms with Crippen LogP contribution in [0.15, 0.2) is 36.4 Å². The number of fused-ring (bicyclic) bond motifs is 1. The number of methoxy groups -OCH3 is 1. The molecule has 2 aromatic rings. The van der Waals surface area contributed by atoms with Gasteiger partial charge in [0.15, 0.2) is 5.69 Å². The highest BCUT2D eigenvalue weighted by Crippen LogP contribution is 2.33. The van der Waals surface area contributed by atoms with Crippen LogP contribution in [0.5, 0.6) is 5.88 Å². The highest BCUT2D eigenvalue weighted by Gasteiger charge is 2.39. The Hall–Kier alpha value is -2.68. The largest absolute Gasteiger partial charge is 0.480 e. The van der Waals surface area contributed by atoms with Crippen molar-refractivity contribution in [1.82, 2.24) is 15.1 Å². The van der Waals surface area contributed by atoms with Gasteiger partial charge in [0.2, 0.25) is 15.9 Å². The lowest BCUT2D eigenvalue weighted by Crippen LogP contribution is -2.49. The summed E-state index contributed by atoms with van der Waals surface area (Å²) in [7, 11) is -2.08. The van der Waals surface area contributed by atoms with Crippen molar-refractivity contribution in [3.63, 3.8) is 0 Å². The zero-order valence-corrected chi connectivity index (χ0v) is 16.4. The summed E-state index contributed by atoms with van der Waals surface area (Å²) >= 11 is 0. The second-order valence-electron chi connectivity index (χ2n) is 6.97. The molecule has 148 valence electrons. The van der Waals surface area contributed by atoms with E-state index in [0.717, 1.165) is 11.3 Å². The molecule has 0 radical (unpaired) electrons. The smallest absolute Gasteiger partial charge is 0.274 e. The number of sulfonamides is 1. The van der Waals surface area contributed by atoms with Crippen LogP contribution in [0.3, 0.4) is 0 Å². The Bertz CT molecular complexity index is 978. The molecule has 4 rings (SSSR count). The zero-order valence-electron chi connectivity index (χ0n) is 15.6. The first-order valence-corrected chi connectivity index (χ1v) is 10.8. The standard InChI is InChI=1S/C19H22N4O4S/c1-27-18-9-8-16(20-21-18)19(24)22-11-4-6-15(13-22)28(25,26)23-12-10-14-5-2-3-7-17(14)23/h2-3,5,7-9,15H,4,6,10-13H2,1H3/t15-/m1/s1. The molecule has 1 aromatic carbocycles. The van der Waals surface area contributed by atoms with Gasteiger partial charge in [-0.2, -0.15) is 0 Å². The summed E-state index contributed by atoms with van der Waals surface area (Å²) in [4.78, 5) is 14.3. The molecule has 1 fully saturated rings. The highest BCUT2D eigenvalue weighted by molar-refractivity contribution is 7.93. The predicted octanol–water partition coefficient (Wildman–Crippen LogP) is 1.48. The van der Waals surface area contributed by atoms with Gasteiger partial charge in [0.05, 0.1) is 18.0 Å². The number of para-hydroxylation sites is 1. The summed E-state index contributed by atoms with van der Waals surface area (Å²) < 4.78 is 33.0. The Kier molecular flexibility index (Phi) is 4.92. The maximum absolute atomic E-state index is 13.3. The molecule has 28 heavy (non-hydrogen) atoms. The summed E-state index contributed by atoms with van der Waals surface area (Å²) in [6.45, 7) is 1.12. The number of hydrogen-bond acceptors (Lipinski definition) is 6. The molecule has 0 bridgehead atoms. The van der Waals surface area contributed by atoms with E-state index in [0.29, 0.717) is 38.2 Å². The normalized spacial score (nSPS) is 19.4. The molecule has 0 spiro atoms. The summed E-state index contributed by atoms with van der Waals surface area (Å²) in [5.74, 6) is 0.0141. The Morgan fingerprint density at radius 1 is 1.14 bits per heavy atom. The summed E-state index contributed by atoms with van der Waals surface area (Å²) in [6, 6.07) is 10.7. The number of benzene rings is 1. The summed E-state index contributed by atoms with van der Waals surface area (Å²) in [5, 5.41) is 7.09. The highest BCUT2D eigenvalue weighted by atomic mass is 32.2. The third kappa shape index (κ3) is 3.30. The first kappa shape index (κ1) is 18.7. The second kappa shape index (κ2) is 7.38. The van der Waals surface area contributed by atoms with Gasteiger partial charge >= 0.3 is 0 Å². The molecule has 1 aromatic heterocycles. The fourth-order valence-corrected chi connectivity index (χ4v) is 5.81. The van der Waals surface area contributed by atoms with E-state index < -0.39 is 15.3 Å². The summed E-state index contributed by atoms with van der Waals surface area (Å²) in [5.41, 5.74) is 1.99. The van der Waals surface area contributed by atoms with E-state index in [4.69, 9.17) is 4.74 Å². The van der Waals surface area contributed by atoms with Crippen LogP contribution < -0.4 is 9.04 Å². The third-order valence-corrected chi connectivity index (χ3v) is 7.53. The van der Waals surface area contributed by atoms with Crippen LogP contribution in [0.25, 0.3) is 0 Å². The number of likely N-dealkylation sites (tertiary alicyclic amines) is 1. The van der Waals surface area contributed by atoms with Crippen LogP contribution in [0.1, 0.15) is 28.9 Å². The molecule has 3 heterocycles.